The molecule has 40 heavy (non-hydrogen) atoms. The number of hydrogen-bond acceptors (Lipinski definition) is 6. The molecule has 6 rings (SSSR count). The van der Waals surface area contributed by atoms with Gasteiger partial charge in [0.05, 0.1) is 26.4 Å². The van der Waals surface area contributed by atoms with Crippen molar-refractivity contribution < 1.29 is 28.4 Å². The van der Waals surface area contributed by atoms with Crippen LogP contribution in [0.1, 0.15) is 28.5 Å². The first-order chi connectivity index (χ1) is 19.8. The fourth-order valence-electron chi connectivity index (χ4n) is 5.11. The molecule has 206 valence electrons. The van der Waals surface area contributed by atoms with Crippen LogP contribution in [0, 0.1) is 0 Å². The lowest BCUT2D eigenvalue weighted by Gasteiger charge is -2.49. The van der Waals surface area contributed by atoms with Crippen molar-refractivity contribution in [2.24, 2.45) is 0 Å². The van der Waals surface area contributed by atoms with Crippen LogP contribution in [-0.2, 0) is 48.2 Å². The third-order valence-corrected chi connectivity index (χ3v) is 7.18. The Morgan fingerprint density at radius 1 is 0.525 bits per heavy atom. The molecule has 0 radical (unpaired) electrons. The standard InChI is InChI=1S/C34H34O6/c1-5-13-25(14-6-1)21-35-31-30-29(24-38-33(40-30)28-19-11-4-12-20-28)39-34(37-23-27-17-9-3-10-18-27)32(31)36-22-26-15-7-2-8-16-26/h1-20,29-34H,21-24H2/t29-,30-,31-,32+,33-,34+/m0/s1. The minimum atomic E-state index is -0.675. The van der Waals surface area contributed by atoms with Gasteiger partial charge in [-0.1, -0.05) is 121 Å². The highest BCUT2D eigenvalue weighted by Gasteiger charge is 2.51. The fourth-order valence-corrected chi connectivity index (χ4v) is 5.11. The van der Waals surface area contributed by atoms with Gasteiger partial charge in [-0.2, -0.15) is 0 Å². The molecule has 0 aliphatic carbocycles. The van der Waals surface area contributed by atoms with E-state index in [9.17, 15) is 0 Å². The highest BCUT2D eigenvalue weighted by Crippen LogP contribution is 2.37. The van der Waals surface area contributed by atoms with Gasteiger partial charge in [0.1, 0.15) is 24.4 Å². The van der Waals surface area contributed by atoms with Gasteiger partial charge in [0.15, 0.2) is 12.6 Å². The molecule has 0 saturated carbocycles. The van der Waals surface area contributed by atoms with Crippen LogP contribution in [0.15, 0.2) is 121 Å². The van der Waals surface area contributed by atoms with Crippen LogP contribution >= 0.6 is 0 Å². The first-order valence-electron chi connectivity index (χ1n) is 13.8. The SMILES string of the molecule is c1ccc(CO[C@@H]2O[C@H]3CO[C@H](c4ccccc4)O[C@@H]3[C@H](OCc3ccccc3)[C@H]2OCc2ccccc2)cc1. The molecule has 0 unspecified atom stereocenters. The lowest BCUT2D eigenvalue weighted by Crippen LogP contribution is -2.63. The maximum Gasteiger partial charge on any atom is 0.187 e. The summed E-state index contributed by atoms with van der Waals surface area (Å²) in [6.45, 7) is 1.53. The third-order valence-electron chi connectivity index (χ3n) is 7.18. The predicted octanol–water partition coefficient (Wildman–Crippen LogP) is 6.21. The molecule has 6 atom stereocenters. The van der Waals surface area contributed by atoms with Crippen LogP contribution in [0.25, 0.3) is 0 Å². The van der Waals surface area contributed by atoms with Gasteiger partial charge >= 0.3 is 0 Å². The number of fused-ring (bicyclic) bond motifs is 1. The Labute approximate surface area is 235 Å². The van der Waals surface area contributed by atoms with Crippen LogP contribution in [-0.4, -0.2) is 37.3 Å². The van der Waals surface area contributed by atoms with E-state index in [1.807, 2.05) is 109 Å². The Bertz CT molecular complexity index is 1290. The molecular weight excluding hydrogens is 504 g/mol. The molecular formula is C34H34O6. The molecule has 2 aliphatic rings. The van der Waals surface area contributed by atoms with Gasteiger partial charge in [-0.25, -0.2) is 0 Å². The highest BCUT2D eigenvalue weighted by molar-refractivity contribution is 5.18. The summed E-state index contributed by atoms with van der Waals surface area (Å²) in [5.74, 6) is 0. The third kappa shape index (κ3) is 6.67. The van der Waals surface area contributed by atoms with Crippen LogP contribution in [0.4, 0.5) is 0 Å². The quantitative estimate of drug-likeness (QED) is 0.239. The monoisotopic (exact) mass is 538 g/mol. The van der Waals surface area contributed by atoms with E-state index in [0.717, 1.165) is 22.3 Å². The Balaban J connectivity index is 1.27. The lowest BCUT2D eigenvalue weighted by atomic mass is 9.97. The van der Waals surface area contributed by atoms with E-state index in [0.29, 0.717) is 26.4 Å². The molecule has 4 aromatic rings. The lowest BCUT2D eigenvalue weighted by molar-refractivity contribution is -0.374. The van der Waals surface area contributed by atoms with Crippen molar-refractivity contribution in [3.63, 3.8) is 0 Å². The average molecular weight is 539 g/mol. The Hall–Kier alpha value is -3.36. The van der Waals surface area contributed by atoms with Gasteiger partial charge in [-0.15, -0.1) is 0 Å². The van der Waals surface area contributed by atoms with Crippen molar-refractivity contribution in [3.8, 4) is 0 Å². The van der Waals surface area contributed by atoms with E-state index < -0.39 is 30.9 Å². The molecule has 0 bridgehead atoms. The van der Waals surface area contributed by atoms with Crippen molar-refractivity contribution in [1.29, 1.82) is 0 Å². The number of ether oxygens (including phenoxy) is 6. The summed E-state index contributed by atoms with van der Waals surface area (Å²) in [6.07, 6.45) is -2.99. The molecule has 0 amide bonds. The average Bonchev–Trinajstić information content (AvgIpc) is 3.03. The second-order valence-electron chi connectivity index (χ2n) is 10.0. The molecule has 2 saturated heterocycles. The minimum absolute atomic E-state index is 0.353. The van der Waals surface area contributed by atoms with E-state index >= 15 is 0 Å². The van der Waals surface area contributed by atoms with Gasteiger partial charge in [0.2, 0.25) is 0 Å². The van der Waals surface area contributed by atoms with Crippen molar-refractivity contribution in [2.75, 3.05) is 6.61 Å². The topological polar surface area (TPSA) is 55.4 Å². The molecule has 0 N–H and O–H groups in total. The van der Waals surface area contributed by atoms with Crippen molar-refractivity contribution in [3.05, 3.63) is 144 Å². The molecule has 0 aromatic heterocycles. The maximum atomic E-state index is 6.64. The first kappa shape index (κ1) is 26.8. The van der Waals surface area contributed by atoms with Crippen molar-refractivity contribution in [1.82, 2.24) is 0 Å². The summed E-state index contributed by atoms with van der Waals surface area (Å²) >= 11 is 0. The van der Waals surface area contributed by atoms with E-state index in [4.69, 9.17) is 28.4 Å². The zero-order valence-electron chi connectivity index (χ0n) is 22.3. The van der Waals surface area contributed by atoms with E-state index in [-0.39, 0.29) is 6.10 Å². The molecule has 2 aliphatic heterocycles. The Morgan fingerprint density at radius 3 is 1.55 bits per heavy atom. The molecule has 0 spiro atoms. The van der Waals surface area contributed by atoms with Gasteiger partial charge in [0, 0.05) is 5.56 Å². The molecule has 2 heterocycles. The first-order valence-corrected chi connectivity index (χ1v) is 13.8. The number of hydrogen-bond donors (Lipinski definition) is 0. The smallest absolute Gasteiger partial charge is 0.187 e. The van der Waals surface area contributed by atoms with E-state index in [2.05, 4.69) is 12.1 Å². The van der Waals surface area contributed by atoms with Gasteiger partial charge in [-0.3, -0.25) is 0 Å². The molecule has 2 fully saturated rings. The zero-order chi connectivity index (χ0) is 27.0. The van der Waals surface area contributed by atoms with Crippen LogP contribution in [0.2, 0.25) is 0 Å². The molecule has 6 nitrogen and oxygen atoms in total. The summed E-state index contributed by atoms with van der Waals surface area (Å²) < 4.78 is 38.8. The maximum absolute atomic E-state index is 6.64. The normalized spacial score (nSPS) is 26.2. The van der Waals surface area contributed by atoms with Crippen molar-refractivity contribution >= 4 is 0 Å². The number of rotatable bonds is 10. The van der Waals surface area contributed by atoms with Crippen LogP contribution < -0.4 is 0 Å². The minimum Gasteiger partial charge on any atom is -0.368 e. The summed E-state index contributed by atoms with van der Waals surface area (Å²) in [5, 5.41) is 0. The molecule has 4 aromatic carbocycles. The largest absolute Gasteiger partial charge is 0.368 e. The Morgan fingerprint density at radius 2 is 1.00 bits per heavy atom. The van der Waals surface area contributed by atoms with Gasteiger partial charge < -0.3 is 28.4 Å². The second-order valence-corrected chi connectivity index (χ2v) is 10.0. The van der Waals surface area contributed by atoms with Gasteiger partial charge in [0.25, 0.3) is 0 Å². The summed E-state index contributed by atoms with van der Waals surface area (Å²) in [5.41, 5.74) is 4.13. The number of benzene rings is 4. The summed E-state index contributed by atoms with van der Waals surface area (Å²) in [6, 6.07) is 40.2. The summed E-state index contributed by atoms with van der Waals surface area (Å²) in [7, 11) is 0. The fraction of sp³-hybridized carbons (Fsp3) is 0.294. The Kier molecular flexibility index (Phi) is 8.95. The second kappa shape index (κ2) is 13.3. The van der Waals surface area contributed by atoms with Crippen LogP contribution in [0.3, 0.4) is 0 Å². The summed E-state index contributed by atoms with van der Waals surface area (Å²) in [4.78, 5) is 0. The molecule has 6 heteroatoms. The van der Waals surface area contributed by atoms with Crippen LogP contribution in [0.5, 0.6) is 0 Å². The highest BCUT2D eigenvalue weighted by atomic mass is 16.8. The zero-order valence-corrected chi connectivity index (χ0v) is 22.3. The van der Waals surface area contributed by atoms with E-state index in [1.165, 1.54) is 0 Å². The van der Waals surface area contributed by atoms with E-state index in [1.54, 1.807) is 0 Å². The van der Waals surface area contributed by atoms with Gasteiger partial charge in [-0.05, 0) is 16.7 Å². The predicted molar refractivity (Wildman–Crippen MR) is 150 cm³/mol. The van der Waals surface area contributed by atoms with Crippen molar-refractivity contribution in [2.45, 2.75) is 56.8 Å².